The molecule has 0 fully saturated rings. The lowest BCUT2D eigenvalue weighted by Gasteiger charge is -2.26. The molecule has 21 heavy (non-hydrogen) atoms. The summed E-state index contributed by atoms with van der Waals surface area (Å²) >= 11 is 0. The Labute approximate surface area is 122 Å². The van der Waals surface area contributed by atoms with Gasteiger partial charge in [-0.2, -0.15) is 0 Å². The third-order valence-corrected chi connectivity index (χ3v) is 3.19. The number of aromatic nitrogens is 1. The Hall–Kier alpha value is -2.63. The molecule has 0 aliphatic rings. The molecule has 0 atom stereocenters. The van der Waals surface area contributed by atoms with Crippen LogP contribution in [0.4, 0.5) is 5.82 Å². The third-order valence-electron chi connectivity index (χ3n) is 3.19. The van der Waals surface area contributed by atoms with Crippen molar-refractivity contribution in [2.75, 3.05) is 11.4 Å². The summed E-state index contributed by atoms with van der Waals surface area (Å²) in [6.45, 7) is 3.54. The first kappa shape index (κ1) is 14.8. The number of carboxylic acid groups (broad SMARTS) is 1. The van der Waals surface area contributed by atoms with Gasteiger partial charge in [0.25, 0.3) is 0 Å². The van der Waals surface area contributed by atoms with Crippen LogP contribution in [-0.4, -0.2) is 34.6 Å². The van der Waals surface area contributed by atoms with E-state index < -0.39 is 11.9 Å². The SMILES string of the molecule is CC(C)N(CC(=O)O)c1cc(C(N)=O)c2ccccc2n1. The van der Waals surface area contributed by atoms with E-state index >= 15 is 0 Å². The number of nitrogens with zero attached hydrogens (tertiary/aromatic N) is 2. The highest BCUT2D eigenvalue weighted by molar-refractivity contribution is 6.06. The summed E-state index contributed by atoms with van der Waals surface area (Å²) in [4.78, 5) is 28.7. The lowest BCUT2D eigenvalue weighted by molar-refractivity contribution is -0.135. The topological polar surface area (TPSA) is 96.5 Å². The molecular weight excluding hydrogens is 270 g/mol. The summed E-state index contributed by atoms with van der Waals surface area (Å²) in [6.07, 6.45) is 0. The maximum atomic E-state index is 11.6. The van der Waals surface area contributed by atoms with Crippen LogP contribution in [0.3, 0.4) is 0 Å². The first-order chi connectivity index (χ1) is 9.90. The van der Waals surface area contributed by atoms with Crippen LogP contribution in [0, 0.1) is 0 Å². The highest BCUT2D eigenvalue weighted by atomic mass is 16.4. The molecule has 6 heteroatoms. The molecule has 0 saturated heterocycles. The lowest BCUT2D eigenvalue weighted by atomic mass is 10.1. The van der Waals surface area contributed by atoms with E-state index in [1.807, 2.05) is 13.8 Å². The minimum Gasteiger partial charge on any atom is -0.480 e. The Morgan fingerprint density at radius 1 is 1.33 bits per heavy atom. The fraction of sp³-hybridized carbons (Fsp3) is 0.267. The molecule has 2 rings (SSSR count). The van der Waals surface area contributed by atoms with E-state index in [2.05, 4.69) is 4.98 Å². The van der Waals surface area contributed by atoms with Gasteiger partial charge in [0.15, 0.2) is 0 Å². The molecule has 1 amide bonds. The second-order valence-electron chi connectivity index (χ2n) is 5.02. The smallest absolute Gasteiger partial charge is 0.323 e. The van der Waals surface area contributed by atoms with E-state index in [4.69, 9.17) is 10.8 Å². The summed E-state index contributed by atoms with van der Waals surface area (Å²) in [5.41, 5.74) is 6.38. The van der Waals surface area contributed by atoms with E-state index in [-0.39, 0.29) is 12.6 Å². The van der Waals surface area contributed by atoms with Crippen LogP contribution >= 0.6 is 0 Å². The second-order valence-corrected chi connectivity index (χ2v) is 5.02. The van der Waals surface area contributed by atoms with Crippen LogP contribution < -0.4 is 10.6 Å². The molecular formula is C15H17N3O3. The Balaban J connectivity index is 2.63. The molecule has 1 aromatic heterocycles. The molecule has 110 valence electrons. The molecule has 3 N–H and O–H groups in total. The van der Waals surface area contributed by atoms with Crippen molar-refractivity contribution in [3.63, 3.8) is 0 Å². The largest absolute Gasteiger partial charge is 0.480 e. The summed E-state index contributed by atoms with van der Waals surface area (Å²) in [7, 11) is 0. The quantitative estimate of drug-likeness (QED) is 0.871. The standard InChI is InChI=1S/C15H17N3O3/c1-9(2)18(8-14(19)20)13-7-11(15(16)21)10-5-3-4-6-12(10)17-13/h3-7,9H,8H2,1-2H3,(H2,16,21)(H,19,20). The van der Waals surface area contributed by atoms with Gasteiger partial charge in [0.05, 0.1) is 11.1 Å². The predicted molar refractivity (Wildman–Crippen MR) is 80.4 cm³/mol. The van der Waals surface area contributed by atoms with Gasteiger partial charge in [-0.05, 0) is 26.0 Å². The van der Waals surface area contributed by atoms with Gasteiger partial charge < -0.3 is 15.7 Å². The molecule has 0 unspecified atom stereocenters. The molecule has 0 aliphatic carbocycles. The highest BCUT2D eigenvalue weighted by Gasteiger charge is 2.18. The zero-order chi connectivity index (χ0) is 15.6. The van der Waals surface area contributed by atoms with E-state index in [0.717, 1.165) is 0 Å². The van der Waals surface area contributed by atoms with Crippen molar-refractivity contribution >= 4 is 28.6 Å². The fourth-order valence-corrected chi connectivity index (χ4v) is 2.19. The van der Waals surface area contributed by atoms with Crippen molar-refractivity contribution in [3.05, 3.63) is 35.9 Å². The van der Waals surface area contributed by atoms with Crippen molar-refractivity contribution in [1.29, 1.82) is 0 Å². The number of anilines is 1. The Bertz CT molecular complexity index is 698. The van der Waals surface area contributed by atoms with Crippen LogP contribution in [-0.2, 0) is 4.79 Å². The van der Waals surface area contributed by atoms with Crippen LogP contribution in [0.1, 0.15) is 24.2 Å². The average molecular weight is 287 g/mol. The molecule has 6 nitrogen and oxygen atoms in total. The van der Waals surface area contributed by atoms with Crippen LogP contribution in [0.15, 0.2) is 30.3 Å². The molecule has 0 saturated carbocycles. The number of fused-ring (bicyclic) bond motifs is 1. The normalized spacial score (nSPS) is 10.8. The number of aliphatic carboxylic acids is 1. The van der Waals surface area contributed by atoms with Crippen LogP contribution in [0.2, 0.25) is 0 Å². The van der Waals surface area contributed by atoms with Gasteiger partial charge in [0.2, 0.25) is 5.91 Å². The van der Waals surface area contributed by atoms with Gasteiger partial charge in [-0.25, -0.2) is 4.98 Å². The number of amides is 1. The van der Waals surface area contributed by atoms with Crippen molar-refractivity contribution in [2.24, 2.45) is 5.73 Å². The number of carboxylic acids is 1. The molecule has 2 aromatic rings. The molecule has 1 aromatic carbocycles. The molecule has 0 bridgehead atoms. The van der Waals surface area contributed by atoms with Gasteiger partial charge in [0.1, 0.15) is 12.4 Å². The number of carbonyl (C=O) groups excluding carboxylic acids is 1. The molecule has 0 radical (unpaired) electrons. The van der Waals surface area contributed by atoms with Crippen molar-refractivity contribution in [2.45, 2.75) is 19.9 Å². The van der Waals surface area contributed by atoms with E-state index in [1.165, 1.54) is 0 Å². The minimum absolute atomic E-state index is 0.0736. The van der Waals surface area contributed by atoms with Gasteiger partial charge in [-0.1, -0.05) is 18.2 Å². The van der Waals surface area contributed by atoms with E-state index in [9.17, 15) is 9.59 Å². The van der Waals surface area contributed by atoms with Gasteiger partial charge in [-0.3, -0.25) is 9.59 Å². The van der Waals surface area contributed by atoms with Gasteiger partial charge in [-0.15, -0.1) is 0 Å². The average Bonchev–Trinajstić information content (AvgIpc) is 2.42. The summed E-state index contributed by atoms with van der Waals surface area (Å²) in [5.74, 6) is -1.09. The maximum Gasteiger partial charge on any atom is 0.323 e. The number of nitrogens with two attached hydrogens (primary N) is 1. The molecule has 0 spiro atoms. The maximum absolute atomic E-state index is 11.6. The summed E-state index contributed by atoms with van der Waals surface area (Å²) in [6, 6.07) is 8.62. The number of carbonyl (C=O) groups is 2. The van der Waals surface area contributed by atoms with Crippen molar-refractivity contribution < 1.29 is 14.7 Å². The van der Waals surface area contributed by atoms with E-state index in [1.54, 1.807) is 35.2 Å². The fourth-order valence-electron chi connectivity index (χ4n) is 2.19. The number of hydrogen-bond donors (Lipinski definition) is 2. The first-order valence-corrected chi connectivity index (χ1v) is 6.58. The van der Waals surface area contributed by atoms with Gasteiger partial charge in [0, 0.05) is 11.4 Å². The molecule has 0 aliphatic heterocycles. The zero-order valence-electron chi connectivity index (χ0n) is 11.9. The minimum atomic E-state index is -0.959. The van der Waals surface area contributed by atoms with Crippen LogP contribution in [0.5, 0.6) is 0 Å². The number of benzene rings is 1. The molecule has 1 heterocycles. The monoisotopic (exact) mass is 287 g/mol. The Morgan fingerprint density at radius 3 is 2.57 bits per heavy atom. The third kappa shape index (κ3) is 3.10. The number of rotatable bonds is 5. The summed E-state index contributed by atoms with van der Waals surface area (Å²) < 4.78 is 0. The van der Waals surface area contributed by atoms with Crippen molar-refractivity contribution in [3.8, 4) is 0 Å². The van der Waals surface area contributed by atoms with Crippen molar-refractivity contribution in [1.82, 2.24) is 4.98 Å². The van der Waals surface area contributed by atoms with Crippen LogP contribution in [0.25, 0.3) is 10.9 Å². The number of para-hydroxylation sites is 1. The number of pyridine rings is 1. The highest BCUT2D eigenvalue weighted by Crippen LogP contribution is 2.23. The Morgan fingerprint density at radius 2 is 2.00 bits per heavy atom. The Kier molecular flexibility index (Phi) is 4.07. The number of hydrogen-bond acceptors (Lipinski definition) is 4. The zero-order valence-corrected chi connectivity index (χ0v) is 11.9. The van der Waals surface area contributed by atoms with E-state index in [0.29, 0.717) is 22.3 Å². The second kappa shape index (κ2) is 5.78. The number of primary amides is 1. The predicted octanol–water partition coefficient (Wildman–Crippen LogP) is 1.63. The lowest BCUT2D eigenvalue weighted by Crippen LogP contribution is -2.36. The summed E-state index contributed by atoms with van der Waals surface area (Å²) in [5, 5.41) is 9.68. The first-order valence-electron chi connectivity index (χ1n) is 6.58. The van der Waals surface area contributed by atoms with Gasteiger partial charge >= 0.3 is 5.97 Å².